The summed E-state index contributed by atoms with van der Waals surface area (Å²) >= 11 is -3.61. The molecule has 0 bridgehead atoms. The van der Waals surface area contributed by atoms with E-state index in [9.17, 15) is 14.4 Å². The summed E-state index contributed by atoms with van der Waals surface area (Å²) in [6.45, 7) is -0.117. The minimum atomic E-state index is -3.61. The number of benzene rings is 3. The number of rotatable bonds is 9. The fourth-order valence-corrected chi connectivity index (χ4v) is 4.73. The Balaban J connectivity index is 1.66. The molecule has 0 saturated heterocycles. The summed E-state index contributed by atoms with van der Waals surface area (Å²) in [4.78, 5) is 38.0. The molecule has 0 unspecified atom stereocenters. The average molecular weight is 480 g/mol. The molecule has 0 atom stereocenters. The fourth-order valence-electron chi connectivity index (χ4n) is 2.58. The second-order valence-corrected chi connectivity index (χ2v) is 10.2. The molecule has 0 aliphatic rings. The van der Waals surface area contributed by atoms with Gasteiger partial charge in [-0.1, -0.05) is 0 Å². The van der Waals surface area contributed by atoms with Crippen LogP contribution < -0.4 is 0 Å². The van der Waals surface area contributed by atoms with Gasteiger partial charge in [-0.2, -0.15) is 0 Å². The van der Waals surface area contributed by atoms with E-state index < -0.39 is 28.9 Å². The average Bonchev–Trinajstić information content (AvgIpc) is 2.82. The van der Waals surface area contributed by atoms with Crippen LogP contribution in [0.5, 0.6) is 0 Å². The van der Waals surface area contributed by atoms with Crippen molar-refractivity contribution >= 4 is 28.9 Å². The predicted molar refractivity (Wildman–Crippen MR) is 116 cm³/mol. The molecule has 0 spiro atoms. The molecule has 0 aliphatic carbocycles. The van der Waals surface area contributed by atoms with Gasteiger partial charge in [-0.15, -0.1) is 0 Å². The predicted octanol–water partition coefficient (Wildman–Crippen LogP) is 5.24. The van der Waals surface area contributed by atoms with Crippen LogP contribution in [0.1, 0.15) is 16.7 Å². The molecule has 0 amide bonds. The topological polar surface area (TPSA) is 78.9 Å². The number of hydrogen-bond donors (Lipinski definition) is 0. The van der Waals surface area contributed by atoms with Crippen molar-refractivity contribution in [2.24, 2.45) is 0 Å². The molecule has 0 N–H and O–H groups in total. The van der Waals surface area contributed by atoms with Crippen molar-refractivity contribution in [3.63, 3.8) is 0 Å². The molecule has 3 aromatic rings. The third-order valence-corrected chi connectivity index (χ3v) is 7.27. The zero-order chi connectivity index (χ0) is 21.9. The van der Waals surface area contributed by atoms with Gasteiger partial charge in [-0.3, -0.25) is 0 Å². The van der Waals surface area contributed by atoms with Gasteiger partial charge >= 0.3 is 185 Å². The molecular weight excluding hydrogens is 459 g/mol. The molecule has 31 heavy (non-hydrogen) atoms. The van der Waals surface area contributed by atoms with Crippen molar-refractivity contribution in [2.45, 2.75) is 19.8 Å². The Morgan fingerprint density at radius 1 is 0.484 bits per heavy atom. The first kappa shape index (κ1) is 22.3. The van der Waals surface area contributed by atoms with Crippen LogP contribution in [-0.2, 0) is 34.0 Å². The maximum atomic E-state index is 12.7. The second-order valence-electron chi connectivity index (χ2n) is 6.46. The van der Waals surface area contributed by atoms with Crippen molar-refractivity contribution in [2.75, 3.05) is 0 Å². The van der Waals surface area contributed by atoms with E-state index in [2.05, 4.69) is 0 Å². The molecule has 3 aromatic carbocycles. The monoisotopic (exact) mass is 480 g/mol. The van der Waals surface area contributed by atoms with Gasteiger partial charge in [0, 0.05) is 0 Å². The third-order valence-electron chi connectivity index (χ3n) is 4.16. The maximum absolute atomic E-state index is 12.7. The molecule has 0 fully saturated rings. The Morgan fingerprint density at radius 2 is 0.742 bits per heavy atom. The van der Waals surface area contributed by atoms with Crippen molar-refractivity contribution < 1.29 is 28.6 Å². The zero-order valence-corrected chi connectivity index (χ0v) is 18.6. The van der Waals surface area contributed by atoms with Gasteiger partial charge in [0.25, 0.3) is 0 Å². The Morgan fingerprint density at radius 3 is 1.00 bits per heavy atom. The van der Waals surface area contributed by atoms with Gasteiger partial charge in [0.15, 0.2) is 0 Å². The molecule has 0 radical (unpaired) electrons. The minimum absolute atomic E-state index is 0.0388. The van der Waals surface area contributed by atoms with Crippen LogP contribution in [0.2, 0.25) is 0 Å². The molecule has 0 saturated carbocycles. The van der Waals surface area contributed by atoms with Crippen LogP contribution in [0.3, 0.4) is 0 Å². The van der Waals surface area contributed by atoms with E-state index in [0.29, 0.717) is 0 Å². The molecule has 0 aliphatic heterocycles. The first-order valence-electron chi connectivity index (χ1n) is 9.55. The molecule has 158 valence electrons. The van der Waals surface area contributed by atoms with Crippen LogP contribution in [0.15, 0.2) is 91.0 Å². The van der Waals surface area contributed by atoms with Crippen LogP contribution in [0, 0.1) is 0 Å². The Labute approximate surface area is 185 Å². The van der Waals surface area contributed by atoms with Crippen LogP contribution in [0.4, 0.5) is 14.4 Å². The number of carbonyl (C=O) groups excluding carboxylic acids is 3. The standard InChI is InChI=1S/C24H21AsO6/c26-22(29-16-19-10-4-1-5-11-19)25(23(27)30-17-20-12-6-2-7-13-20)24(28)31-18-21-14-8-3-9-15-21/h1-15H,16-18H2. The van der Waals surface area contributed by atoms with E-state index in [1.807, 2.05) is 18.2 Å². The Bertz CT molecular complexity index is 860. The van der Waals surface area contributed by atoms with E-state index in [4.69, 9.17) is 14.2 Å². The van der Waals surface area contributed by atoms with Crippen LogP contribution in [-0.4, -0.2) is 28.9 Å². The summed E-state index contributed by atoms with van der Waals surface area (Å²) in [6, 6.07) is 27.1. The normalized spacial score (nSPS) is 10.4. The summed E-state index contributed by atoms with van der Waals surface area (Å²) < 4.78 is 13.2. The molecular formula is C24H21AsO6. The third kappa shape index (κ3) is 7.12. The zero-order valence-electron chi connectivity index (χ0n) is 16.7. The SMILES string of the molecule is O=C(OCc1ccccc1)[As](C(=O)OCc1ccccc1)C(=O)OCc1ccccc1. The van der Waals surface area contributed by atoms with Gasteiger partial charge in [-0.25, -0.2) is 0 Å². The van der Waals surface area contributed by atoms with Gasteiger partial charge in [0.05, 0.1) is 0 Å². The van der Waals surface area contributed by atoms with Gasteiger partial charge in [0.1, 0.15) is 0 Å². The molecule has 0 aromatic heterocycles. The first-order chi connectivity index (χ1) is 15.1. The van der Waals surface area contributed by atoms with Gasteiger partial charge in [-0.05, 0) is 0 Å². The van der Waals surface area contributed by atoms with E-state index in [1.165, 1.54) is 0 Å². The van der Waals surface area contributed by atoms with Crippen molar-refractivity contribution in [3.8, 4) is 0 Å². The van der Waals surface area contributed by atoms with Crippen LogP contribution >= 0.6 is 0 Å². The summed E-state index contributed by atoms with van der Waals surface area (Å²) in [5.41, 5.74) is 2.25. The van der Waals surface area contributed by atoms with E-state index in [1.54, 1.807) is 72.8 Å². The van der Waals surface area contributed by atoms with Crippen molar-refractivity contribution in [1.29, 1.82) is 0 Å². The van der Waals surface area contributed by atoms with Gasteiger partial charge < -0.3 is 0 Å². The van der Waals surface area contributed by atoms with Crippen molar-refractivity contribution in [1.82, 2.24) is 0 Å². The van der Waals surface area contributed by atoms with Gasteiger partial charge in [0.2, 0.25) is 0 Å². The first-order valence-corrected chi connectivity index (χ1v) is 12.4. The quantitative estimate of drug-likeness (QED) is 0.308. The molecule has 0 heterocycles. The summed E-state index contributed by atoms with van der Waals surface area (Å²) in [7, 11) is 0. The number of ether oxygens (including phenoxy) is 3. The summed E-state index contributed by atoms with van der Waals surface area (Å²) in [5, 5.41) is 0. The second kappa shape index (κ2) is 11.7. The summed E-state index contributed by atoms with van der Waals surface area (Å²) in [6.07, 6.45) is 0. The molecule has 6 nitrogen and oxygen atoms in total. The fraction of sp³-hybridized carbons (Fsp3) is 0.125. The number of carbonyl (C=O) groups is 3. The number of hydrogen-bond acceptors (Lipinski definition) is 6. The van der Waals surface area contributed by atoms with E-state index in [0.717, 1.165) is 16.7 Å². The van der Waals surface area contributed by atoms with E-state index >= 15 is 0 Å². The Kier molecular flexibility index (Phi) is 8.44. The van der Waals surface area contributed by atoms with E-state index in [-0.39, 0.29) is 19.8 Å². The molecule has 3 rings (SSSR count). The van der Waals surface area contributed by atoms with Crippen molar-refractivity contribution in [3.05, 3.63) is 108 Å². The Hall–Kier alpha value is -3.37. The molecule has 7 heteroatoms. The van der Waals surface area contributed by atoms with Crippen LogP contribution in [0.25, 0.3) is 0 Å². The summed E-state index contributed by atoms with van der Waals surface area (Å²) in [5.74, 6) is 0.